The molecular weight excluding hydrogens is 226 g/mol. The van der Waals surface area contributed by atoms with Gasteiger partial charge in [-0.2, -0.15) is 17.9 Å². The fourth-order valence-corrected chi connectivity index (χ4v) is 3.36. The van der Waals surface area contributed by atoms with Crippen LogP contribution >= 0.6 is 0 Å². The minimum Gasteiger partial charge on any atom is -0.316 e. The van der Waals surface area contributed by atoms with Crippen molar-refractivity contribution in [1.82, 2.24) is 14.8 Å². The molecule has 2 unspecified atom stereocenters. The molecule has 0 saturated carbocycles. The van der Waals surface area contributed by atoms with Gasteiger partial charge in [-0.3, -0.25) is 0 Å². The predicted octanol–water partition coefficient (Wildman–Crippen LogP) is 0.207. The van der Waals surface area contributed by atoms with Crippen LogP contribution in [0.5, 0.6) is 0 Å². The molecule has 1 rings (SSSR count). The normalized spacial score (nSPS) is 24.6. The molecule has 2 atom stereocenters. The fraction of sp³-hybridized carbons (Fsp3) is 1.00. The zero-order chi connectivity index (χ0) is 12.2. The van der Waals surface area contributed by atoms with Crippen molar-refractivity contribution in [2.24, 2.45) is 5.92 Å². The molecule has 0 radical (unpaired) electrons. The van der Waals surface area contributed by atoms with Crippen molar-refractivity contribution >= 4 is 10.2 Å². The van der Waals surface area contributed by atoms with Crippen molar-refractivity contribution < 1.29 is 8.42 Å². The maximum Gasteiger partial charge on any atom is 0.277 e. The van der Waals surface area contributed by atoms with E-state index in [0.717, 1.165) is 25.9 Å². The summed E-state index contributed by atoms with van der Waals surface area (Å²) in [5.41, 5.74) is 0. The zero-order valence-electron chi connectivity index (χ0n) is 10.3. The average molecular weight is 249 g/mol. The Morgan fingerprint density at radius 2 is 1.94 bits per heavy atom. The van der Waals surface area contributed by atoms with E-state index in [2.05, 4.69) is 14.8 Å². The SMILES string of the molecule is CC(C)NS(=O)(=O)NC(C)C1CCCNC1. The van der Waals surface area contributed by atoms with Crippen LogP contribution < -0.4 is 14.8 Å². The van der Waals surface area contributed by atoms with Gasteiger partial charge in [0.2, 0.25) is 0 Å². The van der Waals surface area contributed by atoms with Crippen molar-refractivity contribution in [2.45, 2.75) is 45.7 Å². The minimum atomic E-state index is -3.36. The Morgan fingerprint density at radius 1 is 1.25 bits per heavy atom. The molecule has 1 saturated heterocycles. The van der Waals surface area contributed by atoms with Crippen LogP contribution in [0, 0.1) is 5.92 Å². The second-order valence-electron chi connectivity index (χ2n) is 4.79. The van der Waals surface area contributed by atoms with Gasteiger partial charge < -0.3 is 5.32 Å². The fourth-order valence-electron chi connectivity index (χ4n) is 1.99. The molecule has 0 aromatic carbocycles. The first kappa shape index (κ1) is 13.9. The first-order chi connectivity index (χ1) is 7.41. The molecule has 0 aliphatic carbocycles. The van der Waals surface area contributed by atoms with E-state index in [0.29, 0.717) is 5.92 Å². The van der Waals surface area contributed by atoms with Crippen LogP contribution in [0.3, 0.4) is 0 Å². The average Bonchev–Trinajstić information content (AvgIpc) is 2.16. The highest BCUT2D eigenvalue weighted by Gasteiger charge is 2.24. The van der Waals surface area contributed by atoms with Gasteiger partial charge in [0, 0.05) is 12.1 Å². The molecule has 16 heavy (non-hydrogen) atoms. The van der Waals surface area contributed by atoms with Gasteiger partial charge in [-0.1, -0.05) is 0 Å². The van der Waals surface area contributed by atoms with Gasteiger partial charge in [0.1, 0.15) is 0 Å². The van der Waals surface area contributed by atoms with Gasteiger partial charge in [0.25, 0.3) is 10.2 Å². The van der Waals surface area contributed by atoms with E-state index < -0.39 is 10.2 Å². The highest BCUT2D eigenvalue weighted by molar-refractivity contribution is 7.87. The lowest BCUT2D eigenvalue weighted by Crippen LogP contribution is -2.49. The summed E-state index contributed by atoms with van der Waals surface area (Å²) in [5.74, 6) is 0.387. The molecule has 0 bridgehead atoms. The smallest absolute Gasteiger partial charge is 0.277 e. The molecule has 0 aromatic rings. The maximum atomic E-state index is 11.7. The molecule has 5 nitrogen and oxygen atoms in total. The van der Waals surface area contributed by atoms with Crippen LogP contribution in [0.25, 0.3) is 0 Å². The summed E-state index contributed by atoms with van der Waals surface area (Å²) in [6, 6.07) is -0.0989. The molecule has 1 aliphatic heterocycles. The minimum absolute atomic E-state index is 0.0240. The third-order valence-corrected chi connectivity index (χ3v) is 4.24. The van der Waals surface area contributed by atoms with E-state index >= 15 is 0 Å². The van der Waals surface area contributed by atoms with Crippen molar-refractivity contribution in [3.05, 3.63) is 0 Å². The van der Waals surface area contributed by atoms with Gasteiger partial charge in [-0.25, -0.2) is 0 Å². The molecule has 1 fully saturated rings. The third-order valence-electron chi connectivity index (χ3n) is 2.77. The second kappa shape index (κ2) is 5.95. The molecular formula is C10H23N3O2S. The predicted molar refractivity (Wildman–Crippen MR) is 65.4 cm³/mol. The van der Waals surface area contributed by atoms with E-state index in [1.54, 1.807) is 0 Å². The topological polar surface area (TPSA) is 70.2 Å². The lowest BCUT2D eigenvalue weighted by atomic mass is 9.94. The standard InChI is InChI=1S/C10H23N3O2S/c1-8(2)12-16(14,15)13-9(3)10-5-4-6-11-7-10/h8-13H,4-7H2,1-3H3. The quantitative estimate of drug-likeness (QED) is 0.652. The summed E-state index contributed by atoms with van der Waals surface area (Å²) >= 11 is 0. The van der Waals surface area contributed by atoms with E-state index in [-0.39, 0.29) is 12.1 Å². The van der Waals surface area contributed by atoms with Crippen LogP contribution in [0.2, 0.25) is 0 Å². The van der Waals surface area contributed by atoms with Crippen LogP contribution in [-0.4, -0.2) is 33.6 Å². The Balaban J connectivity index is 2.45. The largest absolute Gasteiger partial charge is 0.316 e. The van der Waals surface area contributed by atoms with Crippen molar-refractivity contribution in [1.29, 1.82) is 0 Å². The molecule has 0 aromatic heterocycles. The lowest BCUT2D eigenvalue weighted by molar-refractivity contribution is 0.319. The summed E-state index contributed by atoms with van der Waals surface area (Å²) in [5, 5.41) is 3.29. The third kappa shape index (κ3) is 4.78. The molecule has 0 spiro atoms. The molecule has 6 heteroatoms. The van der Waals surface area contributed by atoms with E-state index in [4.69, 9.17) is 0 Å². The molecule has 1 heterocycles. The lowest BCUT2D eigenvalue weighted by Gasteiger charge is -2.29. The molecule has 96 valence electrons. The highest BCUT2D eigenvalue weighted by atomic mass is 32.2. The Bertz CT molecular complexity index is 297. The first-order valence-corrected chi connectivity index (χ1v) is 7.39. The van der Waals surface area contributed by atoms with E-state index in [1.807, 2.05) is 20.8 Å². The maximum absolute atomic E-state index is 11.7. The highest BCUT2D eigenvalue weighted by Crippen LogP contribution is 2.14. The van der Waals surface area contributed by atoms with Gasteiger partial charge in [0.05, 0.1) is 0 Å². The van der Waals surface area contributed by atoms with Crippen LogP contribution in [-0.2, 0) is 10.2 Å². The van der Waals surface area contributed by atoms with Crippen molar-refractivity contribution in [3.63, 3.8) is 0 Å². The van der Waals surface area contributed by atoms with Gasteiger partial charge >= 0.3 is 0 Å². The van der Waals surface area contributed by atoms with E-state index in [9.17, 15) is 8.42 Å². The summed E-state index contributed by atoms with van der Waals surface area (Å²) in [7, 11) is -3.36. The second-order valence-corrected chi connectivity index (χ2v) is 6.27. The van der Waals surface area contributed by atoms with Gasteiger partial charge in [-0.05, 0) is 52.6 Å². The Hall–Kier alpha value is -0.170. The Labute approximate surface area is 98.6 Å². The summed E-state index contributed by atoms with van der Waals surface area (Å²) in [6.45, 7) is 7.49. The summed E-state index contributed by atoms with van der Waals surface area (Å²) in [6.07, 6.45) is 2.20. The van der Waals surface area contributed by atoms with Gasteiger partial charge in [0.15, 0.2) is 0 Å². The van der Waals surface area contributed by atoms with Crippen LogP contribution in [0.4, 0.5) is 0 Å². The number of rotatable bonds is 5. The molecule has 0 amide bonds. The Morgan fingerprint density at radius 3 is 2.44 bits per heavy atom. The monoisotopic (exact) mass is 249 g/mol. The number of hydrogen-bond acceptors (Lipinski definition) is 3. The van der Waals surface area contributed by atoms with Crippen LogP contribution in [0.15, 0.2) is 0 Å². The number of nitrogens with one attached hydrogen (secondary N) is 3. The van der Waals surface area contributed by atoms with Crippen LogP contribution in [0.1, 0.15) is 33.6 Å². The molecule has 1 aliphatic rings. The number of piperidine rings is 1. The van der Waals surface area contributed by atoms with Gasteiger partial charge in [-0.15, -0.1) is 0 Å². The Kier molecular flexibility index (Phi) is 5.17. The molecule has 3 N–H and O–H groups in total. The zero-order valence-corrected chi connectivity index (χ0v) is 11.1. The van der Waals surface area contributed by atoms with Crippen molar-refractivity contribution in [3.8, 4) is 0 Å². The van der Waals surface area contributed by atoms with Crippen molar-refractivity contribution in [2.75, 3.05) is 13.1 Å². The summed E-state index contributed by atoms with van der Waals surface area (Å²) < 4.78 is 28.5. The van der Waals surface area contributed by atoms with E-state index in [1.165, 1.54) is 0 Å². The first-order valence-electron chi connectivity index (χ1n) is 5.91. The number of hydrogen-bond donors (Lipinski definition) is 3. The summed E-state index contributed by atoms with van der Waals surface area (Å²) in [4.78, 5) is 0.